The third-order valence-corrected chi connectivity index (χ3v) is 6.31. The molecule has 5 heteroatoms. The van der Waals surface area contributed by atoms with Gasteiger partial charge in [-0.15, -0.1) is 6.58 Å². The van der Waals surface area contributed by atoms with E-state index in [0.717, 1.165) is 36.0 Å². The average Bonchev–Trinajstić information content (AvgIpc) is 2.88. The van der Waals surface area contributed by atoms with Crippen LogP contribution in [-0.4, -0.2) is 52.8 Å². The van der Waals surface area contributed by atoms with Gasteiger partial charge in [-0.25, -0.2) is 0 Å². The minimum Gasteiger partial charge on any atom is -0.340 e. The number of benzene rings is 1. The number of amides is 2. The fourth-order valence-electron chi connectivity index (χ4n) is 4.31. The first-order valence-electron chi connectivity index (χ1n) is 10.8. The Hall–Kier alpha value is -2.95. The average molecular weight is 404 g/mol. The molecule has 5 nitrogen and oxygen atoms in total. The molecule has 1 aliphatic heterocycles. The summed E-state index contributed by atoms with van der Waals surface area (Å²) in [6.45, 7) is 6.03. The molecule has 0 radical (unpaired) electrons. The van der Waals surface area contributed by atoms with Crippen molar-refractivity contribution in [1.82, 2.24) is 14.8 Å². The smallest absolute Gasteiger partial charge is 0.228 e. The van der Waals surface area contributed by atoms with Gasteiger partial charge in [-0.1, -0.05) is 36.8 Å². The van der Waals surface area contributed by atoms with Gasteiger partial charge in [0.15, 0.2) is 0 Å². The Morgan fingerprint density at radius 3 is 2.40 bits per heavy atom. The fraction of sp³-hybridized carbons (Fsp3) is 0.400. The van der Waals surface area contributed by atoms with Gasteiger partial charge >= 0.3 is 0 Å². The Balaban J connectivity index is 1.50. The second-order valence-corrected chi connectivity index (χ2v) is 8.32. The number of pyridine rings is 1. The highest BCUT2D eigenvalue weighted by Crippen LogP contribution is 2.29. The summed E-state index contributed by atoms with van der Waals surface area (Å²) in [7, 11) is 0. The van der Waals surface area contributed by atoms with Crippen LogP contribution in [0.1, 0.15) is 24.8 Å². The summed E-state index contributed by atoms with van der Waals surface area (Å²) in [5, 5.41) is 0. The molecule has 0 bridgehead atoms. The van der Waals surface area contributed by atoms with Gasteiger partial charge in [-0.2, -0.15) is 0 Å². The van der Waals surface area contributed by atoms with Crippen LogP contribution in [0.3, 0.4) is 0 Å². The van der Waals surface area contributed by atoms with Crippen molar-refractivity contribution >= 4 is 11.8 Å². The van der Waals surface area contributed by atoms with Gasteiger partial charge in [0.05, 0.1) is 5.92 Å². The lowest BCUT2D eigenvalue weighted by atomic mass is 9.84. The predicted molar refractivity (Wildman–Crippen MR) is 118 cm³/mol. The molecule has 1 atom stereocenters. The number of hydrogen-bond acceptors (Lipinski definition) is 3. The summed E-state index contributed by atoms with van der Waals surface area (Å²) in [6.07, 6.45) is 9.09. The molecule has 0 N–H and O–H groups in total. The first kappa shape index (κ1) is 20.3. The highest BCUT2D eigenvalue weighted by molar-refractivity contribution is 5.83. The number of rotatable bonds is 6. The second kappa shape index (κ2) is 9.24. The Morgan fingerprint density at radius 2 is 1.77 bits per heavy atom. The van der Waals surface area contributed by atoms with Gasteiger partial charge in [-0.3, -0.25) is 14.6 Å². The monoisotopic (exact) mass is 403 g/mol. The number of carbonyl (C=O) groups is 2. The third kappa shape index (κ3) is 4.45. The summed E-state index contributed by atoms with van der Waals surface area (Å²) >= 11 is 0. The van der Waals surface area contributed by atoms with Crippen LogP contribution in [0.25, 0.3) is 11.1 Å². The molecule has 30 heavy (non-hydrogen) atoms. The Kier molecular flexibility index (Phi) is 6.26. The molecule has 1 saturated heterocycles. The van der Waals surface area contributed by atoms with E-state index in [-0.39, 0.29) is 23.7 Å². The quantitative estimate of drug-likeness (QED) is 0.693. The molecule has 2 aromatic rings. The van der Waals surface area contributed by atoms with Crippen molar-refractivity contribution in [3.05, 3.63) is 67.0 Å². The summed E-state index contributed by atoms with van der Waals surface area (Å²) in [5.41, 5.74) is 3.36. The van der Waals surface area contributed by atoms with E-state index in [1.165, 1.54) is 0 Å². The molecule has 0 spiro atoms. The molecule has 1 aliphatic carbocycles. The molecule has 4 rings (SSSR count). The second-order valence-electron chi connectivity index (χ2n) is 8.32. The van der Waals surface area contributed by atoms with Crippen molar-refractivity contribution in [1.29, 1.82) is 0 Å². The van der Waals surface area contributed by atoms with Crippen LogP contribution in [0.5, 0.6) is 0 Å². The van der Waals surface area contributed by atoms with E-state index in [9.17, 15) is 9.59 Å². The first-order chi connectivity index (χ1) is 14.7. The molecule has 2 heterocycles. The van der Waals surface area contributed by atoms with Crippen LogP contribution in [0.4, 0.5) is 0 Å². The zero-order valence-electron chi connectivity index (χ0n) is 17.4. The minimum atomic E-state index is -0.219. The normalized spacial score (nSPS) is 19.9. The molecular formula is C25H29N3O2. The molecule has 2 amide bonds. The van der Waals surface area contributed by atoms with Gasteiger partial charge in [0.2, 0.25) is 11.8 Å². The highest BCUT2D eigenvalue weighted by atomic mass is 16.2. The van der Waals surface area contributed by atoms with Gasteiger partial charge in [0.1, 0.15) is 0 Å². The van der Waals surface area contributed by atoms with Crippen molar-refractivity contribution in [2.75, 3.05) is 26.2 Å². The largest absolute Gasteiger partial charge is 0.340 e. The Labute approximate surface area is 178 Å². The van der Waals surface area contributed by atoms with Crippen molar-refractivity contribution in [2.45, 2.75) is 25.7 Å². The molecule has 156 valence electrons. The molecule has 1 saturated carbocycles. The molecule has 1 unspecified atom stereocenters. The topological polar surface area (TPSA) is 53.5 Å². The van der Waals surface area contributed by atoms with E-state index in [2.05, 4.69) is 35.8 Å². The van der Waals surface area contributed by atoms with Crippen molar-refractivity contribution in [3.63, 3.8) is 0 Å². The van der Waals surface area contributed by atoms with E-state index in [4.69, 9.17) is 0 Å². The zero-order valence-corrected chi connectivity index (χ0v) is 17.4. The van der Waals surface area contributed by atoms with Crippen molar-refractivity contribution in [2.24, 2.45) is 11.8 Å². The SMILES string of the molecule is C=CCN1CCN(C(=O)C2CCC2)CC(Cc2ccc(-c3ccncc3)cc2)C1=O. The Bertz CT molecular complexity index is 890. The lowest BCUT2D eigenvalue weighted by Crippen LogP contribution is -2.42. The number of carbonyl (C=O) groups excluding carboxylic acids is 2. The van der Waals surface area contributed by atoms with E-state index < -0.39 is 0 Å². The van der Waals surface area contributed by atoms with E-state index >= 15 is 0 Å². The summed E-state index contributed by atoms with van der Waals surface area (Å²) in [4.78, 5) is 33.9. The molecule has 1 aromatic heterocycles. The maximum atomic E-state index is 13.2. The number of nitrogens with zero attached hydrogens (tertiary/aromatic N) is 3. The number of aromatic nitrogens is 1. The van der Waals surface area contributed by atoms with Gasteiger partial charge < -0.3 is 9.80 Å². The molecule has 2 fully saturated rings. The van der Waals surface area contributed by atoms with Crippen LogP contribution in [0, 0.1) is 11.8 Å². The maximum absolute atomic E-state index is 13.2. The highest BCUT2D eigenvalue weighted by Gasteiger charge is 2.35. The minimum absolute atomic E-state index is 0.122. The van der Waals surface area contributed by atoms with Crippen LogP contribution in [0.2, 0.25) is 0 Å². The van der Waals surface area contributed by atoms with Crippen LogP contribution >= 0.6 is 0 Å². The van der Waals surface area contributed by atoms with Crippen LogP contribution < -0.4 is 0 Å². The fourth-order valence-corrected chi connectivity index (χ4v) is 4.31. The van der Waals surface area contributed by atoms with Gasteiger partial charge in [0, 0.05) is 44.5 Å². The zero-order chi connectivity index (χ0) is 20.9. The van der Waals surface area contributed by atoms with E-state index in [1.54, 1.807) is 18.5 Å². The van der Waals surface area contributed by atoms with Gasteiger partial charge in [0.25, 0.3) is 0 Å². The predicted octanol–water partition coefficient (Wildman–Crippen LogP) is 3.56. The Morgan fingerprint density at radius 1 is 1.07 bits per heavy atom. The van der Waals surface area contributed by atoms with Gasteiger partial charge in [-0.05, 0) is 48.1 Å². The van der Waals surface area contributed by atoms with E-state index in [1.807, 2.05) is 21.9 Å². The maximum Gasteiger partial charge on any atom is 0.228 e. The molecule has 1 aromatic carbocycles. The third-order valence-electron chi connectivity index (χ3n) is 6.31. The van der Waals surface area contributed by atoms with Crippen LogP contribution in [0.15, 0.2) is 61.4 Å². The van der Waals surface area contributed by atoms with Crippen LogP contribution in [-0.2, 0) is 16.0 Å². The van der Waals surface area contributed by atoms with E-state index in [0.29, 0.717) is 32.6 Å². The molecular weight excluding hydrogens is 374 g/mol. The molecule has 2 aliphatic rings. The number of hydrogen-bond donors (Lipinski definition) is 0. The lowest BCUT2D eigenvalue weighted by molar-refractivity contribution is -0.138. The van der Waals surface area contributed by atoms with Crippen molar-refractivity contribution in [3.8, 4) is 11.1 Å². The standard InChI is InChI=1S/C25H29N3O2/c1-2-14-27-15-16-28(24(29)22-4-3-5-22)18-23(25(27)30)17-19-6-8-20(9-7-19)21-10-12-26-13-11-21/h2,6-13,22-23H,1,3-5,14-18H2. The lowest BCUT2D eigenvalue weighted by Gasteiger charge is -2.31. The van der Waals surface area contributed by atoms with Crippen molar-refractivity contribution < 1.29 is 9.59 Å². The summed E-state index contributed by atoms with van der Waals surface area (Å²) in [6, 6.07) is 12.3. The summed E-state index contributed by atoms with van der Waals surface area (Å²) in [5.74, 6) is 0.291. The summed E-state index contributed by atoms with van der Waals surface area (Å²) < 4.78 is 0. The first-order valence-corrected chi connectivity index (χ1v) is 10.8.